The number of methoxy groups -OCH3 is 2. The monoisotopic (exact) mass is 373 g/mol. The molecule has 1 aromatic heterocycles. The lowest BCUT2D eigenvalue weighted by molar-refractivity contribution is -0.0893. The summed E-state index contributed by atoms with van der Waals surface area (Å²) in [5.41, 5.74) is 0.446. The maximum absolute atomic E-state index is 10.3. The maximum atomic E-state index is 10.3. The zero-order valence-electron chi connectivity index (χ0n) is 16.6. The minimum Gasteiger partial charge on any atom is -0.481 e. The average Bonchev–Trinajstić information content (AvgIpc) is 2.64. The zero-order chi connectivity index (χ0) is 20.1. The molecule has 27 heavy (non-hydrogen) atoms. The Morgan fingerprint density at radius 3 is 2.44 bits per heavy atom. The number of rotatable bonds is 9. The van der Waals surface area contributed by atoms with Crippen LogP contribution in [0.25, 0.3) is 11.3 Å². The highest BCUT2D eigenvalue weighted by Crippen LogP contribution is 2.26. The van der Waals surface area contributed by atoms with Gasteiger partial charge in [-0.1, -0.05) is 12.1 Å². The molecule has 0 unspecified atom stereocenters. The summed E-state index contributed by atoms with van der Waals surface area (Å²) in [5.74, 6) is 1.05. The summed E-state index contributed by atoms with van der Waals surface area (Å²) in [7, 11) is 4.68. The summed E-state index contributed by atoms with van der Waals surface area (Å²) < 4.78 is 21.7. The van der Waals surface area contributed by atoms with Crippen LogP contribution in [0.15, 0.2) is 30.6 Å². The number of nitrogens with zero attached hydrogens (tertiary/aromatic N) is 2. The summed E-state index contributed by atoms with van der Waals surface area (Å²) >= 11 is 0. The van der Waals surface area contributed by atoms with Crippen LogP contribution in [-0.2, 0) is 9.39 Å². The van der Waals surface area contributed by atoms with Crippen LogP contribution in [0.3, 0.4) is 0 Å². The number of aromatic nitrogens is 2. The van der Waals surface area contributed by atoms with Crippen LogP contribution < -0.4 is 14.9 Å². The van der Waals surface area contributed by atoms with Gasteiger partial charge in [0.05, 0.1) is 24.0 Å². The molecule has 0 atom stereocenters. The Kier molecular flexibility index (Phi) is 6.81. The van der Waals surface area contributed by atoms with Gasteiger partial charge in [0, 0.05) is 18.7 Å². The number of hydrogen-bond acceptors (Lipinski definition) is 7. The van der Waals surface area contributed by atoms with E-state index in [-0.39, 0.29) is 6.79 Å². The van der Waals surface area contributed by atoms with Gasteiger partial charge in [0.2, 0.25) is 5.88 Å². The Labute approximate surface area is 160 Å². The number of aliphatic hydroxyl groups is 1. The number of benzene rings is 1. The Hall–Kier alpha value is -2.16. The Morgan fingerprint density at radius 2 is 1.81 bits per heavy atom. The molecule has 7 nitrogen and oxygen atoms in total. The van der Waals surface area contributed by atoms with Crippen LogP contribution in [0, 0.1) is 0 Å². The van der Waals surface area contributed by atoms with Crippen molar-refractivity contribution in [3.8, 4) is 22.9 Å². The van der Waals surface area contributed by atoms with E-state index in [0.29, 0.717) is 22.8 Å². The smallest absolute Gasteiger partial charge is 0.334 e. The molecule has 2 rings (SSSR count). The van der Waals surface area contributed by atoms with Crippen LogP contribution in [0.2, 0.25) is 0 Å². The Morgan fingerprint density at radius 1 is 1.07 bits per heavy atom. The molecule has 0 spiro atoms. The number of ether oxygens (including phenoxy) is 3. The van der Waals surface area contributed by atoms with Crippen molar-refractivity contribution in [1.82, 2.24) is 9.97 Å². The van der Waals surface area contributed by atoms with Gasteiger partial charge in [0.25, 0.3) is 0 Å². The van der Waals surface area contributed by atoms with E-state index in [1.165, 1.54) is 6.33 Å². The van der Waals surface area contributed by atoms with E-state index in [9.17, 15) is 5.11 Å². The van der Waals surface area contributed by atoms with E-state index in [4.69, 9.17) is 18.9 Å². The lowest BCUT2D eigenvalue weighted by Gasteiger charge is -2.37. The van der Waals surface area contributed by atoms with Crippen molar-refractivity contribution in [2.24, 2.45) is 0 Å². The highest BCUT2D eigenvalue weighted by atomic mass is 16.7. The summed E-state index contributed by atoms with van der Waals surface area (Å²) in [4.78, 5) is 8.29. The standard InChI is InChI=1S/C19H26BN2O5/c1-18(2,23)19(3,4)27-20-14-8-7-13(9-16(14)26-12-24-5)15-10-17(25-6)22-11-21-15/h7-11,23H,12H2,1-6H3. The van der Waals surface area contributed by atoms with Crippen LogP contribution in [0.5, 0.6) is 11.6 Å². The molecule has 8 heteroatoms. The Bertz CT molecular complexity index is 762. The average molecular weight is 373 g/mol. The van der Waals surface area contributed by atoms with Gasteiger partial charge in [0.1, 0.15) is 12.1 Å². The van der Waals surface area contributed by atoms with Gasteiger partial charge < -0.3 is 24.0 Å². The van der Waals surface area contributed by atoms with Gasteiger partial charge in [0.15, 0.2) is 6.79 Å². The molecule has 2 aromatic rings. The van der Waals surface area contributed by atoms with Crippen molar-refractivity contribution in [2.75, 3.05) is 21.0 Å². The molecular formula is C19H26BN2O5. The molecule has 0 aliphatic heterocycles. The third-order valence-electron chi connectivity index (χ3n) is 4.45. The minimum absolute atomic E-state index is 0.0896. The second-order valence-electron chi connectivity index (χ2n) is 7.05. The molecule has 1 radical (unpaired) electrons. The van der Waals surface area contributed by atoms with Gasteiger partial charge >= 0.3 is 7.48 Å². The molecule has 145 valence electrons. The first kappa shape index (κ1) is 21.1. The maximum Gasteiger partial charge on any atom is 0.334 e. The quantitative estimate of drug-likeness (QED) is 0.531. The normalized spacial score (nSPS) is 12.0. The van der Waals surface area contributed by atoms with E-state index >= 15 is 0 Å². The summed E-state index contributed by atoms with van der Waals surface area (Å²) in [6, 6.07) is 7.34. The molecule has 0 aliphatic carbocycles. The van der Waals surface area contributed by atoms with E-state index in [2.05, 4.69) is 9.97 Å². The van der Waals surface area contributed by atoms with E-state index < -0.39 is 11.2 Å². The van der Waals surface area contributed by atoms with E-state index in [1.54, 1.807) is 41.6 Å². The predicted molar refractivity (Wildman–Crippen MR) is 103 cm³/mol. The molecule has 1 aromatic carbocycles. The van der Waals surface area contributed by atoms with Crippen LogP contribution in [-0.4, -0.2) is 54.8 Å². The third-order valence-corrected chi connectivity index (χ3v) is 4.45. The van der Waals surface area contributed by atoms with Gasteiger partial charge in [-0.2, -0.15) is 0 Å². The van der Waals surface area contributed by atoms with Crippen molar-refractivity contribution in [3.05, 3.63) is 30.6 Å². The highest BCUT2D eigenvalue weighted by molar-refractivity contribution is 6.48. The fourth-order valence-corrected chi connectivity index (χ4v) is 2.00. The molecule has 0 bridgehead atoms. The molecule has 0 aliphatic rings. The summed E-state index contributed by atoms with van der Waals surface area (Å²) in [5, 5.41) is 10.3. The molecule has 0 saturated heterocycles. The fourth-order valence-electron chi connectivity index (χ4n) is 2.00. The molecule has 0 amide bonds. The van der Waals surface area contributed by atoms with Crippen LogP contribution in [0.1, 0.15) is 27.7 Å². The second kappa shape index (κ2) is 8.69. The highest BCUT2D eigenvalue weighted by Gasteiger charge is 2.36. The molecular weight excluding hydrogens is 347 g/mol. The van der Waals surface area contributed by atoms with Crippen LogP contribution >= 0.6 is 0 Å². The van der Waals surface area contributed by atoms with Gasteiger partial charge in [-0.15, -0.1) is 0 Å². The van der Waals surface area contributed by atoms with Crippen LogP contribution in [0.4, 0.5) is 0 Å². The molecule has 0 fully saturated rings. The van der Waals surface area contributed by atoms with Crippen molar-refractivity contribution in [3.63, 3.8) is 0 Å². The third kappa shape index (κ3) is 5.41. The Balaban J connectivity index is 2.29. The first-order valence-corrected chi connectivity index (χ1v) is 8.53. The molecule has 0 saturated carbocycles. The van der Waals surface area contributed by atoms with Gasteiger partial charge in [-0.05, 0) is 39.2 Å². The van der Waals surface area contributed by atoms with E-state index in [1.807, 2.05) is 32.0 Å². The first-order valence-electron chi connectivity index (χ1n) is 8.53. The fraction of sp³-hybridized carbons (Fsp3) is 0.474. The predicted octanol–water partition coefficient (Wildman–Crippen LogP) is 1.95. The second-order valence-corrected chi connectivity index (χ2v) is 7.05. The number of hydrogen-bond donors (Lipinski definition) is 1. The van der Waals surface area contributed by atoms with Crippen molar-refractivity contribution < 1.29 is 24.0 Å². The zero-order valence-corrected chi connectivity index (χ0v) is 16.6. The topological polar surface area (TPSA) is 82.9 Å². The van der Waals surface area contributed by atoms with Gasteiger partial charge in [-0.25, -0.2) is 9.97 Å². The van der Waals surface area contributed by atoms with E-state index in [0.717, 1.165) is 5.56 Å². The lowest BCUT2D eigenvalue weighted by Crippen LogP contribution is -2.49. The summed E-state index contributed by atoms with van der Waals surface area (Å²) in [6.45, 7) is 7.14. The SMILES string of the molecule is COCOc1cc(-c2cc(OC)ncn2)ccc1[B]OC(C)(C)C(C)(C)O. The molecule has 1 heterocycles. The summed E-state index contributed by atoms with van der Waals surface area (Å²) in [6.07, 6.45) is 1.44. The largest absolute Gasteiger partial charge is 0.481 e. The molecule has 1 N–H and O–H groups in total. The lowest BCUT2D eigenvalue weighted by atomic mass is 9.81. The van der Waals surface area contributed by atoms with Crippen molar-refractivity contribution in [2.45, 2.75) is 38.9 Å². The van der Waals surface area contributed by atoms with Crippen molar-refractivity contribution in [1.29, 1.82) is 0 Å². The first-order chi connectivity index (χ1) is 12.7. The minimum atomic E-state index is -1.02. The van der Waals surface area contributed by atoms with Gasteiger partial charge in [-0.3, -0.25) is 0 Å². The van der Waals surface area contributed by atoms with Crippen molar-refractivity contribution >= 4 is 12.9 Å².